The predicted octanol–water partition coefficient (Wildman–Crippen LogP) is 6.96. The van der Waals surface area contributed by atoms with Crippen molar-refractivity contribution in [1.82, 2.24) is 0 Å². The van der Waals surface area contributed by atoms with E-state index in [0.717, 1.165) is 5.92 Å². The highest BCUT2D eigenvalue weighted by atomic mass is 14.0. The highest BCUT2D eigenvalue weighted by Gasteiger charge is 1.98. The Balaban J connectivity index is 2.07. The standard InChI is InChI=1S/C21H36/c1-4-5-6-7-8-9-10-11-12-20-15-17-21(18-16-20)14-13-19(2)3/h15-19H,4-14H2,1-3H3. The molecular weight excluding hydrogens is 252 g/mol. The third-order valence-electron chi connectivity index (χ3n) is 4.35. The van der Waals surface area contributed by atoms with E-state index in [9.17, 15) is 0 Å². The van der Waals surface area contributed by atoms with E-state index in [1.165, 1.54) is 81.8 Å². The molecule has 0 amide bonds. The van der Waals surface area contributed by atoms with Gasteiger partial charge in [0.25, 0.3) is 0 Å². The van der Waals surface area contributed by atoms with Gasteiger partial charge in [-0.2, -0.15) is 0 Å². The van der Waals surface area contributed by atoms with Crippen LogP contribution >= 0.6 is 0 Å². The topological polar surface area (TPSA) is 0 Å². The van der Waals surface area contributed by atoms with E-state index in [0.29, 0.717) is 0 Å². The molecule has 0 heterocycles. The molecule has 21 heavy (non-hydrogen) atoms. The molecule has 0 atom stereocenters. The second-order valence-corrected chi connectivity index (χ2v) is 6.97. The largest absolute Gasteiger partial charge is 0.0654 e. The van der Waals surface area contributed by atoms with Gasteiger partial charge >= 0.3 is 0 Å². The van der Waals surface area contributed by atoms with Crippen molar-refractivity contribution in [3.05, 3.63) is 35.4 Å². The van der Waals surface area contributed by atoms with Crippen molar-refractivity contribution in [2.24, 2.45) is 5.92 Å². The quantitative estimate of drug-likeness (QED) is 0.365. The van der Waals surface area contributed by atoms with Crippen LogP contribution in [-0.4, -0.2) is 0 Å². The van der Waals surface area contributed by atoms with Crippen LogP contribution in [0.1, 0.15) is 89.7 Å². The van der Waals surface area contributed by atoms with Crippen LogP contribution in [0.25, 0.3) is 0 Å². The van der Waals surface area contributed by atoms with Crippen LogP contribution < -0.4 is 0 Å². The molecule has 0 aromatic heterocycles. The lowest BCUT2D eigenvalue weighted by atomic mass is 10.00. The molecule has 120 valence electrons. The number of unbranched alkanes of at least 4 members (excludes halogenated alkanes) is 7. The molecule has 0 heteroatoms. The van der Waals surface area contributed by atoms with Gasteiger partial charge in [-0.1, -0.05) is 90.0 Å². The highest BCUT2D eigenvalue weighted by Crippen LogP contribution is 2.14. The van der Waals surface area contributed by atoms with Crippen LogP contribution in [0.3, 0.4) is 0 Å². The van der Waals surface area contributed by atoms with E-state index in [2.05, 4.69) is 45.0 Å². The van der Waals surface area contributed by atoms with Crippen molar-refractivity contribution in [3.63, 3.8) is 0 Å². The van der Waals surface area contributed by atoms with Gasteiger partial charge in [-0.25, -0.2) is 0 Å². The first-order valence-corrected chi connectivity index (χ1v) is 9.30. The molecule has 0 unspecified atom stereocenters. The summed E-state index contributed by atoms with van der Waals surface area (Å²) in [6.07, 6.45) is 15.1. The van der Waals surface area contributed by atoms with E-state index >= 15 is 0 Å². The van der Waals surface area contributed by atoms with Gasteiger partial charge < -0.3 is 0 Å². The summed E-state index contributed by atoms with van der Waals surface area (Å²) in [7, 11) is 0. The summed E-state index contributed by atoms with van der Waals surface area (Å²) in [5, 5.41) is 0. The molecule has 0 saturated carbocycles. The minimum absolute atomic E-state index is 0.807. The molecule has 0 N–H and O–H groups in total. The van der Waals surface area contributed by atoms with Crippen LogP contribution in [0.2, 0.25) is 0 Å². The number of rotatable bonds is 12. The number of hydrogen-bond donors (Lipinski definition) is 0. The van der Waals surface area contributed by atoms with E-state index in [4.69, 9.17) is 0 Å². The van der Waals surface area contributed by atoms with Crippen LogP contribution in [0.15, 0.2) is 24.3 Å². The van der Waals surface area contributed by atoms with Crippen LogP contribution in [0, 0.1) is 5.92 Å². The average Bonchev–Trinajstić information content (AvgIpc) is 2.49. The monoisotopic (exact) mass is 288 g/mol. The van der Waals surface area contributed by atoms with Gasteiger partial charge in [0, 0.05) is 0 Å². The van der Waals surface area contributed by atoms with Gasteiger partial charge in [0.1, 0.15) is 0 Å². The average molecular weight is 289 g/mol. The molecule has 0 aliphatic rings. The molecule has 0 bridgehead atoms. The van der Waals surface area contributed by atoms with Crippen molar-refractivity contribution in [2.45, 2.75) is 91.4 Å². The third kappa shape index (κ3) is 9.72. The molecule has 0 radical (unpaired) electrons. The Morgan fingerprint density at radius 1 is 0.667 bits per heavy atom. The molecule has 0 aliphatic carbocycles. The van der Waals surface area contributed by atoms with Crippen molar-refractivity contribution >= 4 is 0 Å². The zero-order valence-corrected chi connectivity index (χ0v) is 14.7. The number of hydrogen-bond acceptors (Lipinski definition) is 0. The van der Waals surface area contributed by atoms with Crippen LogP contribution in [0.5, 0.6) is 0 Å². The van der Waals surface area contributed by atoms with E-state index in [1.807, 2.05) is 0 Å². The first-order valence-electron chi connectivity index (χ1n) is 9.30. The van der Waals surface area contributed by atoms with Crippen molar-refractivity contribution in [1.29, 1.82) is 0 Å². The van der Waals surface area contributed by atoms with Gasteiger partial charge in [-0.3, -0.25) is 0 Å². The zero-order chi connectivity index (χ0) is 15.3. The normalized spacial score (nSPS) is 11.2. The fraction of sp³-hybridized carbons (Fsp3) is 0.714. The van der Waals surface area contributed by atoms with E-state index < -0.39 is 0 Å². The zero-order valence-electron chi connectivity index (χ0n) is 14.7. The minimum Gasteiger partial charge on any atom is -0.0654 e. The summed E-state index contributed by atoms with van der Waals surface area (Å²) in [4.78, 5) is 0. The molecule has 1 aromatic carbocycles. The highest BCUT2D eigenvalue weighted by molar-refractivity contribution is 5.22. The molecule has 1 aromatic rings. The summed E-state index contributed by atoms with van der Waals surface area (Å²) in [6, 6.07) is 9.36. The van der Waals surface area contributed by atoms with Gasteiger partial charge in [-0.15, -0.1) is 0 Å². The van der Waals surface area contributed by atoms with Gasteiger partial charge in [0.15, 0.2) is 0 Å². The molecule has 0 fully saturated rings. The van der Waals surface area contributed by atoms with Crippen molar-refractivity contribution in [3.8, 4) is 0 Å². The second-order valence-electron chi connectivity index (χ2n) is 6.97. The maximum atomic E-state index is 2.34. The second kappa shape index (κ2) is 11.8. The van der Waals surface area contributed by atoms with Gasteiger partial charge in [0.05, 0.1) is 0 Å². The molecule has 0 aliphatic heterocycles. The third-order valence-corrected chi connectivity index (χ3v) is 4.35. The lowest BCUT2D eigenvalue weighted by molar-refractivity contribution is 0.575. The fourth-order valence-corrected chi connectivity index (χ4v) is 2.79. The Hall–Kier alpha value is -0.780. The summed E-state index contributed by atoms with van der Waals surface area (Å²) in [5.41, 5.74) is 3.03. The predicted molar refractivity (Wildman–Crippen MR) is 95.9 cm³/mol. The Kier molecular flexibility index (Phi) is 10.3. The maximum absolute atomic E-state index is 2.34. The summed E-state index contributed by atoms with van der Waals surface area (Å²) in [5.74, 6) is 0.807. The van der Waals surface area contributed by atoms with Crippen LogP contribution in [-0.2, 0) is 12.8 Å². The lowest BCUT2D eigenvalue weighted by Gasteiger charge is -2.06. The molecule has 0 saturated heterocycles. The van der Waals surface area contributed by atoms with Crippen LogP contribution in [0.4, 0.5) is 0 Å². The Bertz CT molecular complexity index is 334. The first kappa shape index (κ1) is 18.3. The maximum Gasteiger partial charge on any atom is -0.0276 e. The van der Waals surface area contributed by atoms with Gasteiger partial charge in [0.2, 0.25) is 0 Å². The van der Waals surface area contributed by atoms with E-state index in [-0.39, 0.29) is 0 Å². The first-order chi connectivity index (χ1) is 10.2. The molecule has 1 rings (SSSR count). The van der Waals surface area contributed by atoms with Gasteiger partial charge in [-0.05, 0) is 42.7 Å². The Morgan fingerprint density at radius 3 is 1.67 bits per heavy atom. The summed E-state index contributed by atoms with van der Waals surface area (Å²) >= 11 is 0. The Morgan fingerprint density at radius 2 is 1.14 bits per heavy atom. The van der Waals surface area contributed by atoms with Crippen molar-refractivity contribution < 1.29 is 0 Å². The Labute approximate surface area is 133 Å². The van der Waals surface area contributed by atoms with Crippen molar-refractivity contribution in [2.75, 3.05) is 0 Å². The molecule has 0 spiro atoms. The lowest BCUT2D eigenvalue weighted by Crippen LogP contribution is -1.93. The molecular formula is C21H36. The SMILES string of the molecule is CCCCCCCCCCc1ccc(CCC(C)C)cc1. The fourth-order valence-electron chi connectivity index (χ4n) is 2.79. The molecule has 0 nitrogen and oxygen atoms in total. The van der Waals surface area contributed by atoms with E-state index in [1.54, 1.807) is 0 Å². The smallest absolute Gasteiger partial charge is 0.0276 e. The number of aryl methyl sites for hydroxylation is 2. The summed E-state index contributed by atoms with van der Waals surface area (Å²) in [6.45, 7) is 6.89. The minimum atomic E-state index is 0.807. The summed E-state index contributed by atoms with van der Waals surface area (Å²) < 4.78 is 0. The number of benzene rings is 1.